The van der Waals surface area contributed by atoms with Gasteiger partial charge in [-0.1, -0.05) is 71.3 Å². The number of hydrogen-bond donors (Lipinski definition) is 1. The van der Waals surface area contributed by atoms with Crippen LogP contribution < -0.4 is 14.8 Å². The average Bonchev–Trinajstić information content (AvgIpc) is 3.46. The summed E-state index contributed by atoms with van der Waals surface area (Å²) in [6, 6.07) is 26.2. The maximum atomic E-state index is 6.24. The summed E-state index contributed by atoms with van der Waals surface area (Å²) >= 11 is 3.71. The number of nitrogens with one attached hydrogen (secondary N) is 1. The molecule has 1 aliphatic heterocycles. The largest absolute Gasteiger partial charge is 0.490 e. The van der Waals surface area contributed by atoms with Gasteiger partial charge in [-0.3, -0.25) is 4.99 Å². The highest BCUT2D eigenvalue weighted by Gasteiger charge is 2.37. The summed E-state index contributed by atoms with van der Waals surface area (Å²) in [6.45, 7) is 9.38. The fraction of sp³-hybridized carbons (Fsp3) is 0.270. The minimum atomic E-state index is 0.277. The number of anilines is 1. The normalized spacial score (nSPS) is 18.9. The van der Waals surface area contributed by atoms with Gasteiger partial charge in [0.1, 0.15) is 6.61 Å². The maximum absolute atomic E-state index is 6.24. The number of aliphatic imine (C=N–C) groups is 1. The Morgan fingerprint density at radius 1 is 0.905 bits per heavy atom. The number of benzene rings is 4. The van der Waals surface area contributed by atoms with Gasteiger partial charge in [-0.15, -0.1) is 0 Å². The molecule has 0 saturated heterocycles. The summed E-state index contributed by atoms with van der Waals surface area (Å²) in [4.78, 5) is 4.78. The van der Waals surface area contributed by atoms with Gasteiger partial charge in [0, 0.05) is 17.8 Å². The van der Waals surface area contributed by atoms with Crippen molar-refractivity contribution < 1.29 is 9.47 Å². The van der Waals surface area contributed by atoms with Crippen LogP contribution >= 0.6 is 15.9 Å². The van der Waals surface area contributed by atoms with Gasteiger partial charge < -0.3 is 14.8 Å². The van der Waals surface area contributed by atoms with Gasteiger partial charge in [0.2, 0.25) is 0 Å². The zero-order chi connectivity index (χ0) is 29.2. The second-order valence-corrected chi connectivity index (χ2v) is 12.3. The van der Waals surface area contributed by atoms with Crippen molar-refractivity contribution >= 4 is 33.5 Å². The van der Waals surface area contributed by atoms with Crippen LogP contribution in [0.3, 0.4) is 0 Å². The SMILES string of the molecule is CCOc1cc(C=Nc2ccc([C@@H]3Nc4ccc(C)cc4[C@H]4C=CC[C@H]43)cc2)cc(Br)c1OCc1cc(C)cc(C)c1. The predicted octanol–water partition coefficient (Wildman–Crippen LogP) is 9.93. The van der Waals surface area contributed by atoms with E-state index < -0.39 is 0 Å². The second kappa shape index (κ2) is 12.2. The van der Waals surface area contributed by atoms with E-state index in [2.05, 4.69) is 115 Å². The van der Waals surface area contributed by atoms with Crippen molar-refractivity contribution in [1.82, 2.24) is 0 Å². The van der Waals surface area contributed by atoms with Gasteiger partial charge in [0.25, 0.3) is 0 Å². The Bertz CT molecular complexity index is 1640. The predicted molar refractivity (Wildman–Crippen MR) is 177 cm³/mol. The lowest BCUT2D eigenvalue weighted by molar-refractivity contribution is 0.267. The number of fused-ring (bicyclic) bond motifs is 3. The van der Waals surface area contributed by atoms with E-state index in [0.29, 0.717) is 36.5 Å². The zero-order valence-electron chi connectivity index (χ0n) is 24.7. The molecular weight excluding hydrogens is 584 g/mol. The van der Waals surface area contributed by atoms with E-state index in [4.69, 9.17) is 14.5 Å². The Labute approximate surface area is 257 Å². The third kappa shape index (κ3) is 6.03. The molecule has 1 N–H and O–H groups in total. The minimum Gasteiger partial charge on any atom is -0.490 e. The van der Waals surface area contributed by atoms with Crippen LogP contribution in [0.4, 0.5) is 11.4 Å². The molecule has 0 fully saturated rings. The molecule has 0 radical (unpaired) electrons. The summed E-state index contributed by atoms with van der Waals surface area (Å²) in [5.74, 6) is 2.40. The first-order chi connectivity index (χ1) is 20.4. The highest BCUT2D eigenvalue weighted by molar-refractivity contribution is 9.10. The van der Waals surface area contributed by atoms with Crippen molar-refractivity contribution in [3.05, 3.63) is 128 Å². The lowest BCUT2D eigenvalue weighted by Crippen LogP contribution is -2.29. The Morgan fingerprint density at radius 3 is 2.45 bits per heavy atom. The molecule has 0 saturated carbocycles. The summed E-state index contributed by atoms with van der Waals surface area (Å²) in [7, 11) is 0. The number of halogens is 1. The number of aryl methyl sites for hydroxylation is 3. The third-order valence-electron chi connectivity index (χ3n) is 8.13. The van der Waals surface area contributed by atoms with Crippen LogP contribution in [0.5, 0.6) is 11.5 Å². The molecule has 0 unspecified atom stereocenters. The van der Waals surface area contributed by atoms with Gasteiger partial charge >= 0.3 is 0 Å². The van der Waals surface area contributed by atoms with Gasteiger partial charge in [-0.05, 0) is 109 Å². The molecule has 2 aliphatic rings. The van der Waals surface area contributed by atoms with E-state index in [1.54, 1.807) is 0 Å². The van der Waals surface area contributed by atoms with E-state index in [9.17, 15) is 0 Å². The van der Waals surface area contributed by atoms with Gasteiger partial charge in [-0.2, -0.15) is 0 Å². The summed E-state index contributed by atoms with van der Waals surface area (Å²) in [5.41, 5.74) is 10.7. The quantitative estimate of drug-likeness (QED) is 0.157. The van der Waals surface area contributed by atoms with Gasteiger partial charge in [0.15, 0.2) is 11.5 Å². The lowest BCUT2D eigenvalue weighted by atomic mass is 9.76. The molecule has 214 valence electrons. The van der Waals surface area contributed by atoms with Crippen molar-refractivity contribution in [1.29, 1.82) is 0 Å². The molecule has 4 aromatic rings. The Hall–Kier alpha value is -3.83. The topological polar surface area (TPSA) is 42.8 Å². The van der Waals surface area contributed by atoms with Crippen LogP contribution in [0.15, 0.2) is 94.4 Å². The van der Waals surface area contributed by atoms with Crippen LogP contribution in [0.2, 0.25) is 0 Å². The van der Waals surface area contributed by atoms with E-state index in [1.165, 1.54) is 33.5 Å². The third-order valence-corrected chi connectivity index (χ3v) is 8.72. The first-order valence-corrected chi connectivity index (χ1v) is 15.5. The first kappa shape index (κ1) is 28.3. The van der Waals surface area contributed by atoms with E-state index >= 15 is 0 Å². The number of rotatable bonds is 8. The minimum absolute atomic E-state index is 0.277. The summed E-state index contributed by atoms with van der Waals surface area (Å²) in [6.07, 6.45) is 7.71. The molecule has 0 amide bonds. The number of nitrogens with zero attached hydrogens (tertiary/aromatic N) is 1. The molecule has 1 aliphatic carbocycles. The smallest absolute Gasteiger partial charge is 0.175 e. The van der Waals surface area contributed by atoms with E-state index in [-0.39, 0.29) is 6.04 Å². The Balaban J connectivity index is 1.18. The molecule has 0 spiro atoms. The Morgan fingerprint density at radius 2 is 1.69 bits per heavy atom. The molecule has 5 heteroatoms. The number of ether oxygens (including phenoxy) is 2. The number of hydrogen-bond acceptors (Lipinski definition) is 4. The van der Waals surface area contributed by atoms with Crippen molar-refractivity contribution in [2.24, 2.45) is 10.9 Å². The fourth-order valence-corrected chi connectivity index (χ4v) is 6.91. The molecule has 1 heterocycles. The fourth-order valence-electron chi connectivity index (χ4n) is 6.33. The standard InChI is InChI=1S/C37H37BrN2O2/c1-5-41-35-20-26(19-33(38)37(35)42-22-27-16-24(3)15-25(4)17-27)21-39-29-12-10-28(11-13-29)36-31-8-6-7-30(31)32-18-23(2)9-14-34(32)40-36/h6-7,9-21,30-31,36,40H,5,8,22H2,1-4H3/t30-,31+,36-/m0/s1. The average molecular weight is 622 g/mol. The van der Waals surface area contributed by atoms with E-state index in [0.717, 1.165) is 27.7 Å². The molecular formula is C37H37BrN2O2. The van der Waals surface area contributed by atoms with E-state index in [1.807, 2.05) is 25.3 Å². The second-order valence-electron chi connectivity index (χ2n) is 11.5. The van der Waals surface area contributed by atoms with Crippen LogP contribution in [-0.2, 0) is 6.61 Å². The van der Waals surface area contributed by atoms with Crippen molar-refractivity contribution in [3.63, 3.8) is 0 Å². The molecule has 0 aromatic heterocycles. The molecule has 3 atom stereocenters. The van der Waals surface area contributed by atoms with Crippen LogP contribution in [-0.4, -0.2) is 12.8 Å². The Kier molecular flexibility index (Phi) is 8.21. The van der Waals surface area contributed by atoms with Crippen LogP contribution in [0.25, 0.3) is 0 Å². The summed E-state index contributed by atoms with van der Waals surface area (Å²) in [5, 5.41) is 3.84. The first-order valence-electron chi connectivity index (χ1n) is 14.7. The molecule has 0 bridgehead atoms. The molecule has 4 nitrogen and oxygen atoms in total. The zero-order valence-corrected chi connectivity index (χ0v) is 26.2. The van der Waals surface area contributed by atoms with Gasteiger partial charge in [0.05, 0.1) is 22.8 Å². The van der Waals surface area contributed by atoms with Gasteiger partial charge in [-0.25, -0.2) is 0 Å². The van der Waals surface area contributed by atoms with Crippen LogP contribution in [0, 0.1) is 26.7 Å². The maximum Gasteiger partial charge on any atom is 0.175 e. The van der Waals surface area contributed by atoms with Crippen molar-refractivity contribution in [3.8, 4) is 11.5 Å². The lowest BCUT2D eigenvalue weighted by Gasteiger charge is -2.37. The monoisotopic (exact) mass is 620 g/mol. The van der Waals surface area contributed by atoms with Crippen molar-refractivity contribution in [2.45, 2.75) is 52.7 Å². The number of allylic oxidation sites excluding steroid dienone is 2. The molecule has 4 aromatic carbocycles. The molecule has 6 rings (SSSR count). The van der Waals surface area contributed by atoms with Crippen LogP contribution in [0.1, 0.15) is 64.2 Å². The highest BCUT2D eigenvalue weighted by Crippen LogP contribution is 2.50. The highest BCUT2D eigenvalue weighted by atomic mass is 79.9. The molecule has 42 heavy (non-hydrogen) atoms. The van der Waals surface area contributed by atoms with Crippen molar-refractivity contribution in [2.75, 3.05) is 11.9 Å². The summed E-state index contributed by atoms with van der Waals surface area (Å²) < 4.78 is 13.0.